The fourth-order valence-electron chi connectivity index (χ4n) is 3.06. The summed E-state index contributed by atoms with van der Waals surface area (Å²) in [6.07, 6.45) is 1.79. The van der Waals surface area contributed by atoms with Crippen LogP contribution >= 0.6 is 0 Å². The van der Waals surface area contributed by atoms with Crippen molar-refractivity contribution in [3.63, 3.8) is 0 Å². The molecule has 134 valence electrons. The van der Waals surface area contributed by atoms with E-state index in [-0.39, 0.29) is 36.8 Å². The molecule has 7 nitrogen and oxygen atoms in total. The maximum Gasteiger partial charge on any atom is 0.318 e. The minimum absolute atomic E-state index is 0.141. The number of halogens is 1. The van der Waals surface area contributed by atoms with Crippen LogP contribution in [0.15, 0.2) is 18.2 Å². The van der Waals surface area contributed by atoms with E-state index in [4.69, 9.17) is 4.74 Å². The Kier molecular flexibility index (Phi) is 5.16. The summed E-state index contributed by atoms with van der Waals surface area (Å²) >= 11 is 0. The van der Waals surface area contributed by atoms with E-state index in [2.05, 4.69) is 15.3 Å². The fraction of sp³-hybridized carbons (Fsp3) is 0.471. The molecule has 0 unspecified atom stereocenters. The van der Waals surface area contributed by atoms with Gasteiger partial charge in [0.2, 0.25) is 0 Å². The molecule has 2 N–H and O–H groups in total. The molecular weight excluding hydrogens is 327 g/mol. The van der Waals surface area contributed by atoms with E-state index in [1.165, 1.54) is 12.1 Å². The summed E-state index contributed by atoms with van der Waals surface area (Å²) in [6, 6.07) is 3.95. The average Bonchev–Trinajstić information content (AvgIpc) is 3.20. The maximum atomic E-state index is 13.3. The second kappa shape index (κ2) is 7.50. The Hall–Kier alpha value is -2.64. The van der Waals surface area contributed by atoms with Gasteiger partial charge in [-0.2, -0.15) is 0 Å². The van der Waals surface area contributed by atoms with Crippen LogP contribution < -0.4 is 5.32 Å². The average molecular weight is 348 g/mol. The smallest absolute Gasteiger partial charge is 0.318 e. The number of benzene rings is 1. The molecule has 0 radical (unpaired) electrons. The number of ether oxygens (including phenoxy) is 1. The SMILES string of the molecule is CCOC(=O)CCNC(=O)N1CCC[C@@H]1c1nc2ccc(F)cc2[nH]1. The molecule has 1 fully saturated rings. The lowest BCUT2D eigenvalue weighted by Crippen LogP contribution is -2.40. The van der Waals surface area contributed by atoms with Crippen LogP contribution in [0, 0.1) is 5.82 Å². The number of amides is 2. The molecule has 1 aromatic heterocycles. The summed E-state index contributed by atoms with van der Waals surface area (Å²) in [5.74, 6) is -0.0126. The van der Waals surface area contributed by atoms with Crippen molar-refractivity contribution in [2.75, 3.05) is 19.7 Å². The first-order chi connectivity index (χ1) is 12.1. The number of likely N-dealkylation sites (tertiary alicyclic amines) is 1. The number of hydrogen-bond donors (Lipinski definition) is 2. The van der Waals surface area contributed by atoms with Gasteiger partial charge >= 0.3 is 12.0 Å². The molecule has 0 spiro atoms. The Labute approximate surface area is 144 Å². The molecule has 8 heteroatoms. The molecule has 25 heavy (non-hydrogen) atoms. The van der Waals surface area contributed by atoms with Crippen molar-refractivity contribution in [1.82, 2.24) is 20.2 Å². The van der Waals surface area contributed by atoms with Gasteiger partial charge in [-0.1, -0.05) is 0 Å². The van der Waals surface area contributed by atoms with Crippen molar-refractivity contribution in [3.8, 4) is 0 Å². The fourth-order valence-corrected chi connectivity index (χ4v) is 3.06. The second-order valence-corrected chi connectivity index (χ2v) is 5.92. The number of nitrogens with one attached hydrogen (secondary N) is 2. The third-order valence-electron chi connectivity index (χ3n) is 4.20. The number of fused-ring (bicyclic) bond motifs is 1. The Balaban J connectivity index is 1.64. The highest BCUT2D eigenvalue weighted by Crippen LogP contribution is 2.31. The highest BCUT2D eigenvalue weighted by Gasteiger charge is 2.32. The highest BCUT2D eigenvalue weighted by atomic mass is 19.1. The van der Waals surface area contributed by atoms with E-state index < -0.39 is 0 Å². The normalized spacial score (nSPS) is 17.0. The molecular formula is C17H21FN4O3. The number of H-pyrrole nitrogens is 1. The number of esters is 1. The number of carbonyl (C=O) groups is 2. The van der Waals surface area contributed by atoms with Gasteiger partial charge < -0.3 is 19.9 Å². The van der Waals surface area contributed by atoms with E-state index in [0.717, 1.165) is 12.8 Å². The van der Waals surface area contributed by atoms with Gasteiger partial charge in [0.25, 0.3) is 0 Å². The summed E-state index contributed by atoms with van der Waals surface area (Å²) in [7, 11) is 0. The van der Waals surface area contributed by atoms with E-state index in [9.17, 15) is 14.0 Å². The first-order valence-corrected chi connectivity index (χ1v) is 8.43. The Morgan fingerprint density at radius 2 is 2.32 bits per heavy atom. The van der Waals surface area contributed by atoms with Gasteiger partial charge in [-0.15, -0.1) is 0 Å². The molecule has 1 atom stereocenters. The van der Waals surface area contributed by atoms with Crippen LogP contribution in [0.4, 0.5) is 9.18 Å². The lowest BCUT2D eigenvalue weighted by atomic mass is 10.2. The molecule has 1 saturated heterocycles. The summed E-state index contributed by atoms with van der Waals surface area (Å²) in [4.78, 5) is 33.0. The van der Waals surface area contributed by atoms with Gasteiger partial charge in [0.05, 0.1) is 30.1 Å². The molecule has 0 aliphatic carbocycles. The number of aromatic amines is 1. The summed E-state index contributed by atoms with van der Waals surface area (Å²) in [5, 5.41) is 2.74. The predicted octanol–water partition coefficient (Wildman–Crippen LogP) is 2.50. The molecule has 0 saturated carbocycles. The van der Waals surface area contributed by atoms with Crippen LogP contribution in [-0.2, 0) is 9.53 Å². The Morgan fingerprint density at radius 3 is 3.12 bits per heavy atom. The van der Waals surface area contributed by atoms with Gasteiger partial charge in [-0.3, -0.25) is 4.79 Å². The minimum atomic E-state index is -0.333. The number of rotatable bonds is 5. The van der Waals surface area contributed by atoms with Gasteiger partial charge in [0.1, 0.15) is 11.6 Å². The zero-order valence-electron chi connectivity index (χ0n) is 14.0. The number of urea groups is 1. The van der Waals surface area contributed by atoms with Crippen LogP contribution in [0.1, 0.15) is 38.1 Å². The van der Waals surface area contributed by atoms with Crippen LogP contribution in [0.25, 0.3) is 11.0 Å². The Bertz CT molecular complexity index is 776. The molecule has 1 aliphatic rings. The quantitative estimate of drug-likeness (QED) is 0.813. The summed E-state index contributed by atoms with van der Waals surface area (Å²) in [6.45, 7) is 2.91. The molecule has 3 rings (SSSR count). The number of nitrogens with zero attached hydrogens (tertiary/aromatic N) is 2. The second-order valence-electron chi connectivity index (χ2n) is 5.92. The third kappa shape index (κ3) is 3.89. The summed E-state index contributed by atoms with van der Waals surface area (Å²) in [5.41, 5.74) is 1.29. The molecule has 0 bridgehead atoms. The monoisotopic (exact) mass is 348 g/mol. The van der Waals surface area contributed by atoms with Crippen molar-refractivity contribution >= 4 is 23.0 Å². The van der Waals surface area contributed by atoms with Gasteiger partial charge in [0.15, 0.2) is 0 Å². The zero-order valence-corrected chi connectivity index (χ0v) is 14.0. The van der Waals surface area contributed by atoms with E-state index in [1.54, 1.807) is 17.9 Å². The van der Waals surface area contributed by atoms with Crippen molar-refractivity contribution < 1.29 is 18.7 Å². The Morgan fingerprint density at radius 1 is 1.48 bits per heavy atom. The van der Waals surface area contributed by atoms with Crippen LogP contribution in [0.5, 0.6) is 0 Å². The van der Waals surface area contributed by atoms with E-state index in [0.29, 0.717) is 30.0 Å². The standard InChI is InChI=1S/C17H21FN4O3/c1-2-25-15(23)7-8-19-17(24)22-9-3-4-14(22)16-20-12-6-5-11(18)10-13(12)21-16/h5-6,10,14H,2-4,7-9H2,1H3,(H,19,24)(H,20,21)/t14-/m1/s1. The topological polar surface area (TPSA) is 87.3 Å². The third-order valence-corrected chi connectivity index (χ3v) is 4.20. The van der Waals surface area contributed by atoms with Crippen LogP contribution in [0.3, 0.4) is 0 Å². The maximum absolute atomic E-state index is 13.3. The van der Waals surface area contributed by atoms with Crippen molar-refractivity contribution in [2.24, 2.45) is 0 Å². The largest absolute Gasteiger partial charge is 0.466 e. The molecule has 2 heterocycles. The molecule has 2 amide bonds. The van der Waals surface area contributed by atoms with Crippen LogP contribution in [0.2, 0.25) is 0 Å². The molecule has 1 aromatic carbocycles. The van der Waals surface area contributed by atoms with Crippen LogP contribution in [-0.4, -0.2) is 46.6 Å². The van der Waals surface area contributed by atoms with Gasteiger partial charge in [-0.05, 0) is 38.0 Å². The number of hydrogen-bond acceptors (Lipinski definition) is 4. The number of aromatic nitrogens is 2. The minimum Gasteiger partial charge on any atom is -0.466 e. The molecule has 2 aromatic rings. The van der Waals surface area contributed by atoms with Gasteiger partial charge in [0, 0.05) is 13.1 Å². The molecule has 1 aliphatic heterocycles. The van der Waals surface area contributed by atoms with Crippen molar-refractivity contribution in [1.29, 1.82) is 0 Å². The highest BCUT2D eigenvalue weighted by molar-refractivity contribution is 5.77. The first kappa shape index (κ1) is 17.2. The van der Waals surface area contributed by atoms with E-state index in [1.807, 2.05) is 0 Å². The zero-order chi connectivity index (χ0) is 17.8. The lowest BCUT2D eigenvalue weighted by molar-refractivity contribution is -0.142. The number of carbonyl (C=O) groups excluding carboxylic acids is 2. The first-order valence-electron chi connectivity index (χ1n) is 8.43. The van der Waals surface area contributed by atoms with Gasteiger partial charge in [-0.25, -0.2) is 14.2 Å². The van der Waals surface area contributed by atoms with Crippen molar-refractivity contribution in [2.45, 2.75) is 32.2 Å². The van der Waals surface area contributed by atoms with Crippen molar-refractivity contribution in [3.05, 3.63) is 29.8 Å². The summed E-state index contributed by atoms with van der Waals surface area (Å²) < 4.78 is 18.2. The number of imidazole rings is 1. The lowest BCUT2D eigenvalue weighted by Gasteiger charge is -2.23. The van der Waals surface area contributed by atoms with E-state index >= 15 is 0 Å². The predicted molar refractivity (Wildman–Crippen MR) is 89.4 cm³/mol.